The summed E-state index contributed by atoms with van der Waals surface area (Å²) in [4.78, 5) is 29.5. The van der Waals surface area contributed by atoms with Crippen LogP contribution < -0.4 is 15.4 Å². The van der Waals surface area contributed by atoms with Crippen LogP contribution in [0.1, 0.15) is 40.7 Å². The van der Waals surface area contributed by atoms with E-state index in [1.165, 1.54) is 5.56 Å². The number of fused-ring (bicyclic) bond motifs is 1. The van der Waals surface area contributed by atoms with Crippen LogP contribution in [0.25, 0.3) is 0 Å². The van der Waals surface area contributed by atoms with Crippen LogP contribution in [-0.4, -0.2) is 58.8 Å². The Labute approximate surface area is 230 Å². The van der Waals surface area contributed by atoms with Crippen LogP contribution in [0.15, 0.2) is 79.1 Å². The van der Waals surface area contributed by atoms with Crippen molar-refractivity contribution in [2.75, 3.05) is 26.2 Å². The number of amides is 2. The van der Waals surface area contributed by atoms with Gasteiger partial charge >= 0.3 is 0 Å². The number of hydrogen-bond acceptors (Lipinski definition) is 5. The number of ether oxygens (including phenoxy) is 1. The molecule has 39 heavy (non-hydrogen) atoms. The Morgan fingerprint density at radius 2 is 1.77 bits per heavy atom. The lowest BCUT2D eigenvalue weighted by Gasteiger charge is -2.41. The van der Waals surface area contributed by atoms with Gasteiger partial charge in [-0.2, -0.15) is 5.10 Å². The zero-order valence-electron chi connectivity index (χ0n) is 22.5. The van der Waals surface area contributed by atoms with Crippen LogP contribution in [0.2, 0.25) is 0 Å². The summed E-state index contributed by atoms with van der Waals surface area (Å²) in [6.45, 7) is 3.16. The second kappa shape index (κ2) is 12.3. The third-order valence-electron chi connectivity index (χ3n) is 7.77. The van der Waals surface area contributed by atoms with Crippen molar-refractivity contribution in [1.82, 2.24) is 25.3 Å². The van der Waals surface area contributed by atoms with E-state index < -0.39 is 5.41 Å². The number of nitrogens with one attached hydrogen (secondary N) is 2. The molecule has 0 aliphatic carbocycles. The molecule has 2 aliphatic heterocycles. The van der Waals surface area contributed by atoms with Gasteiger partial charge in [0.15, 0.2) is 0 Å². The lowest BCUT2D eigenvalue weighted by molar-refractivity contribution is -0.134. The summed E-state index contributed by atoms with van der Waals surface area (Å²) in [5.41, 5.74) is 2.27. The van der Waals surface area contributed by atoms with Crippen LogP contribution in [0, 0.1) is 5.41 Å². The first-order chi connectivity index (χ1) is 19.0. The Morgan fingerprint density at radius 1 is 1.00 bits per heavy atom. The molecule has 1 spiro atoms. The van der Waals surface area contributed by atoms with Crippen molar-refractivity contribution in [1.29, 1.82) is 0 Å². The average Bonchev–Trinajstić information content (AvgIpc) is 3.37. The Morgan fingerprint density at radius 3 is 2.54 bits per heavy atom. The molecule has 8 nitrogen and oxygen atoms in total. The highest BCUT2D eigenvalue weighted by atomic mass is 16.5. The molecular weight excluding hydrogens is 490 g/mol. The summed E-state index contributed by atoms with van der Waals surface area (Å²) in [6.07, 6.45) is 10.8. The van der Waals surface area contributed by atoms with E-state index in [1.54, 1.807) is 6.07 Å². The molecule has 3 heterocycles. The fraction of sp³-hybridized carbons (Fsp3) is 0.387. The first-order valence-electron chi connectivity index (χ1n) is 13.7. The van der Waals surface area contributed by atoms with Gasteiger partial charge in [-0.05, 0) is 56.5 Å². The molecule has 0 unspecified atom stereocenters. The van der Waals surface area contributed by atoms with Gasteiger partial charge in [-0.1, -0.05) is 54.6 Å². The first-order valence-corrected chi connectivity index (χ1v) is 13.7. The standard InChI is InChI=1S/C31H37N5O3/c1-35-22-25(20-33-35)23-36-16-14-31(15-17-36)13-7-8-18-39-28-12-6-5-11-27(28)29(37)32-21-26(34-30(31)38)19-24-9-3-2-4-10-24/h2-12,20,22,26H,13-19,21,23H2,1H3,(H,32,37)(H,34,38)/b8-7+/t26-/m1/s1. The molecule has 0 radical (unpaired) electrons. The van der Waals surface area contributed by atoms with Gasteiger partial charge in [0.25, 0.3) is 5.91 Å². The van der Waals surface area contributed by atoms with Crippen LogP contribution in [0.4, 0.5) is 0 Å². The second-order valence-corrected chi connectivity index (χ2v) is 10.6. The summed E-state index contributed by atoms with van der Waals surface area (Å²) in [7, 11) is 1.93. The number of likely N-dealkylation sites (tertiary alicyclic amines) is 1. The Bertz CT molecular complexity index is 1290. The number of aromatic nitrogens is 2. The number of nitrogens with zero attached hydrogens (tertiary/aromatic N) is 3. The van der Waals surface area contributed by atoms with E-state index in [9.17, 15) is 9.59 Å². The average molecular weight is 528 g/mol. The van der Waals surface area contributed by atoms with Crippen LogP contribution in [0.3, 0.4) is 0 Å². The molecule has 5 rings (SSSR count). The predicted octanol–water partition coefficient (Wildman–Crippen LogP) is 3.50. The zero-order chi connectivity index (χ0) is 27.1. The first kappa shape index (κ1) is 26.7. The topological polar surface area (TPSA) is 88.5 Å². The fourth-order valence-electron chi connectivity index (χ4n) is 5.49. The molecule has 0 saturated carbocycles. The molecule has 2 amide bonds. The van der Waals surface area contributed by atoms with Gasteiger partial charge in [0.2, 0.25) is 5.91 Å². The maximum absolute atomic E-state index is 14.0. The minimum Gasteiger partial charge on any atom is -0.489 e. The van der Waals surface area contributed by atoms with Crippen molar-refractivity contribution in [2.45, 2.75) is 38.3 Å². The highest BCUT2D eigenvalue weighted by Gasteiger charge is 2.41. The largest absolute Gasteiger partial charge is 0.489 e. The van der Waals surface area contributed by atoms with Crippen molar-refractivity contribution in [3.63, 3.8) is 0 Å². The zero-order valence-corrected chi connectivity index (χ0v) is 22.5. The molecule has 1 fully saturated rings. The number of carbonyl (C=O) groups is 2. The normalized spacial score (nSPS) is 21.2. The highest BCUT2D eigenvalue weighted by molar-refractivity contribution is 5.97. The maximum atomic E-state index is 14.0. The summed E-state index contributed by atoms with van der Waals surface area (Å²) < 4.78 is 7.77. The van der Waals surface area contributed by atoms with E-state index in [1.807, 2.05) is 66.6 Å². The molecule has 2 aromatic carbocycles. The van der Waals surface area contributed by atoms with Gasteiger partial charge in [-0.3, -0.25) is 19.2 Å². The van der Waals surface area contributed by atoms with E-state index in [0.29, 0.717) is 37.3 Å². The van der Waals surface area contributed by atoms with Crippen LogP contribution >= 0.6 is 0 Å². The molecule has 1 saturated heterocycles. The SMILES string of the molecule is Cn1cc(CN2CCC3(C/C=C/COc4ccccc4C(=O)NC[C@@H](Cc4ccccc4)NC3=O)CC2)cn1. The number of rotatable bonds is 4. The number of benzene rings is 2. The molecule has 3 aromatic rings. The minimum absolute atomic E-state index is 0.0572. The number of piperidine rings is 1. The highest BCUT2D eigenvalue weighted by Crippen LogP contribution is 2.36. The van der Waals surface area contributed by atoms with Gasteiger partial charge in [0.05, 0.1) is 23.2 Å². The third kappa shape index (κ3) is 6.75. The Balaban J connectivity index is 1.36. The molecule has 1 atom stereocenters. The smallest absolute Gasteiger partial charge is 0.255 e. The van der Waals surface area contributed by atoms with E-state index in [2.05, 4.69) is 38.8 Å². The molecule has 2 N–H and O–H groups in total. The Kier molecular flexibility index (Phi) is 8.42. The third-order valence-corrected chi connectivity index (χ3v) is 7.77. The lowest BCUT2D eigenvalue weighted by atomic mass is 9.74. The predicted molar refractivity (Wildman–Crippen MR) is 150 cm³/mol. The van der Waals surface area contributed by atoms with E-state index in [0.717, 1.165) is 38.0 Å². The maximum Gasteiger partial charge on any atom is 0.255 e. The molecule has 1 aromatic heterocycles. The number of hydrogen-bond donors (Lipinski definition) is 2. The fourth-order valence-corrected chi connectivity index (χ4v) is 5.49. The summed E-state index contributed by atoms with van der Waals surface area (Å²) in [6, 6.07) is 17.1. The second-order valence-electron chi connectivity index (χ2n) is 10.6. The van der Waals surface area contributed by atoms with Gasteiger partial charge in [0, 0.05) is 31.9 Å². The minimum atomic E-state index is -0.511. The van der Waals surface area contributed by atoms with Gasteiger partial charge in [-0.25, -0.2) is 0 Å². The van der Waals surface area contributed by atoms with Crippen molar-refractivity contribution in [2.24, 2.45) is 12.5 Å². The molecule has 204 valence electrons. The molecule has 8 heteroatoms. The molecular formula is C31H37N5O3. The number of carbonyl (C=O) groups excluding carboxylic acids is 2. The number of para-hydroxylation sites is 1. The lowest BCUT2D eigenvalue weighted by Crippen LogP contribution is -2.53. The molecule has 2 aliphatic rings. The summed E-state index contributed by atoms with van der Waals surface area (Å²) in [5, 5.41) is 10.7. The van der Waals surface area contributed by atoms with Crippen molar-refractivity contribution < 1.29 is 14.3 Å². The molecule has 0 bridgehead atoms. The van der Waals surface area contributed by atoms with Gasteiger partial charge in [-0.15, -0.1) is 0 Å². The Hall–Kier alpha value is -3.91. The van der Waals surface area contributed by atoms with E-state index >= 15 is 0 Å². The van der Waals surface area contributed by atoms with Crippen molar-refractivity contribution in [3.8, 4) is 5.75 Å². The summed E-state index contributed by atoms with van der Waals surface area (Å²) >= 11 is 0. The van der Waals surface area contributed by atoms with Gasteiger partial charge < -0.3 is 15.4 Å². The van der Waals surface area contributed by atoms with Crippen molar-refractivity contribution in [3.05, 3.63) is 95.8 Å². The van der Waals surface area contributed by atoms with Gasteiger partial charge in [0.1, 0.15) is 12.4 Å². The van der Waals surface area contributed by atoms with Crippen LogP contribution in [-0.2, 0) is 24.8 Å². The number of aryl methyl sites for hydroxylation is 1. The number of allylic oxidation sites excluding steroid dienone is 1. The van der Waals surface area contributed by atoms with E-state index in [-0.39, 0.29) is 17.9 Å². The van der Waals surface area contributed by atoms with Crippen LogP contribution in [0.5, 0.6) is 5.75 Å². The monoisotopic (exact) mass is 527 g/mol. The van der Waals surface area contributed by atoms with Crippen molar-refractivity contribution >= 4 is 11.8 Å². The van der Waals surface area contributed by atoms with E-state index in [4.69, 9.17) is 4.74 Å². The summed E-state index contributed by atoms with van der Waals surface area (Å²) in [5.74, 6) is 0.401. The quantitative estimate of drug-likeness (QED) is 0.507.